The van der Waals surface area contributed by atoms with Gasteiger partial charge in [0.15, 0.2) is 0 Å². The highest BCUT2D eigenvalue weighted by Gasteiger charge is 2.44. The number of nitrogens with zero attached hydrogens (tertiary/aromatic N) is 3. The number of halogens is 4. The number of carbonyl (C=O) groups excluding carboxylic acids is 5. The van der Waals surface area contributed by atoms with Crippen LogP contribution in [0.5, 0.6) is 5.75 Å². The van der Waals surface area contributed by atoms with Crippen LogP contribution in [0, 0.1) is 11.7 Å². The van der Waals surface area contributed by atoms with E-state index in [0.29, 0.717) is 62.7 Å². The standard InChI is InChI=1S/C41H41F4N5O9.CH4/c42-27-6-11-33-32(21-27)46-40(48-36(52)25-2-1-3-26(20-25)41(43,44)45)49(33)28-7-4-24(5-8-28)23-58-17-16-56-14-15-57-18-19-59-29-9-10-30-31(22-29)39(55)50(38(30)54)34-12-13-35(51)47-37(34)53;/h1-3,6,9-11,20-22,24,28,34H,4-5,7-8,12-19,23H2,(H,46,48,52)(H,47,51,53);1H4. The van der Waals surface area contributed by atoms with Gasteiger partial charge in [0.2, 0.25) is 17.8 Å². The number of imide groups is 2. The fourth-order valence-electron chi connectivity index (χ4n) is 7.56. The second kappa shape index (κ2) is 19.1. The molecule has 5 amide bonds. The molecule has 14 nitrogen and oxygen atoms in total. The summed E-state index contributed by atoms with van der Waals surface area (Å²) in [4.78, 5) is 68.0. The number of ether oxygens (including phenoxy) is 4. The van der Waals surface area contributed by atoms with Gasteiger partial charge in [0.25, 0.3) is 17.7 Å². The minimum atomic E-state index is -4.61. The van der Waals surface area contributed by atoms with Crippen molar-refractivity contribution in [1.82, 2.24) is 19.8 Å². The van der Waals surface area contributed by atoms with E-state index >= 15 is 0 Å². The fraction of sp³-hybridized carbons (Fsp3) is 0.429. The predicted octanol–water partition coefficient (Wildman–Crippen LogP) is 6.34. The first kappa shape index (κ1) is 43.8. The van der Waals surface area contributed by atoms with E-state index in [1.165, 1.54) is 36.4 Å². The molecule has 0 bridgehead atoms. The summed E-state index contributed by atoms with van der Waals surface area (Å²) in [5, 5.41) is 4.82. The lowest BCUT2D eigenvalue weighted by Gasteiger charge is -2.30. The Hall–Kier alpha value is -5.72. The van der Waals surface area contributed by atoms with Gasteiger partial charge < -0.3 is 23.5 Å². The van der Waals surface area contributed by atoms with Crippen LogP contribution < -0.4 is 15.4 Å². The van der Waals surface area contributed by atoms with Crippen molar-refractivity contribution in [3.05, 3.63) is 88.7 Å². The molecule has 1 atom stereocenters. The van der Waals surface area contributed by atoms with Crippen LogP contribution in [0.3, 0.4) is 0 Å². The molecule has 2 fully saturated rings. The first-order valence-corrected chi connectivity index (χ1v) is 19.2. The number of anilines is 1. The minimum Gasteiger partial charge on any atom is -0.491 e. The zero-order chi connectivity index (χ0) is 41.7. The molecule has 1 aliphatic carbocycles. The highest BCUT2D eigenvalue weighted by atomic mass is 19.4. The third kappa shape index (κ3) is 10.00. The highest BCUT2D eigenvalue weighted by molar-refractivity contribution is 6.23. The van der Waals surface area contributed by atoms with E-state index in [9.17, 15) is 41.5 Å². The normalized spacial score (nSPS) is 19.3. The molecule has 1 aromatic heterocycles. The maximum atomic E-state index is 14.1. The highest BCUT2D eigenvalue weighted by Crippen LogP contribution is 2.38. The molecule has 2 N–H and O–H groups in total. The number of nitrogens with one attached hydrogen (secondary N) is 2. The van der Waals surface area contributed by atoms with E-state index < -0.39 is 53.1 Å². The van der Waals surface area contributed by atoms with Gasteiger partial charge in [-0.3, -0.25) is 39.5 Å². The molecule has 3 heterocycles. The van der Waals surface area contributed by atoms with Gasteiger partial charge >= 0.3 is 6.18 Å². The molecule has 0 radical (unpaired) electrons. The topological polar surface area (TPSA) is 167 Å². The Balaban J connectivity index is 0.00000604. The molecular weight excluding hydrogens is 794 g/mol. The van der Waals surface area contributed by atoms with E-state index in [1.54, 1.807) is 12.1 Å². The maximum absolute atomic E-state index is 14.1. The molecule has 4 aromatic rings. The number of rotatable bonds is 16. The summed E-state index contributed by atoms with van der Waals surface area (Å²) in [7, 11) is 0. The molecule has 320 valence electrons. The van der Waals surface area contributed by atoms with Crippen molar-refractivity contribution < 1.29 is 60.5 Å². The van der Waals surface area contributed by atoms with Crippen LogP contribution in [0.1, 0.15) is 88.6 Å². The Morgan fingerprint density at radius 2 is 1.52 bits per heavy atom. The summed E-state index contributed by atoms with van der Waals surface area (Å²) >= 11 is 0. The van der Waals surface area contributed by atoms with E-state index in [2.05, 4.69) is 15.6 Å². The zero-order valence-electron chi connectivity index (χ0n) is 31.7. The van der Waals surface area contributed by atoms with E-state index in [1.807, 2.05) is 4.57 Å². The summed E-state index contributed by atoms with van der Waals surface area (Å²) in [6.45, 7) is 2.32. The average molecular weight is 840 g/mol. The third-order valence-corrected chi connectivity index (χ3v) is 10.5. The first-order chi connectivity index (χ1) is 28.4. The van der Waals surface area contributed by atoms with Crippen LogP contribution in [0.25, 0.3) is 11.0 Å². The molecule has 18 heteroatoms. The Kier molecular flexibility index (Phi) is 14.0. The zero-order valence-corrected chi connectivity index (χ0v) is 31.7. The van der Waals surface area contributed by atoms with Gasteiger partial charge in [0.1, 0.15) is 24.2 Å². The van der Waals surface area contributed by atoms with Gasteiger partial charge in [-0.2, -0.15) is 13.2 Å². The van der Waals surface area contributed by atoms with Crippen LogP contribution in [-0.2, 0) is 30.0 Å². The molecule has 7 rings (SSSR count). The third-order valence-electron chi connectivity index (χ3n) is 10.5. The van der Waals surface area contributed by atoms with Crippen LogP contribution in [-0.4, -0.2) is 96.3 Å². The van der Waals surface area contributed by atoms with Crippen molar-refractivity contribution >= 4 is 46.5 Å². The molecule has 1 unspecified atom stereocenters. The average Bonchev–Trinajstić information content (AvgIpc) is 3.68. The molecule has 3 aromatic carbocycles. The Bertz CT molecular complexity index is 2240. The monoisotopic (exact) mass is 839 g/mol. The number of carbonyl (C=O) groups is 5. The minimum absolute atomic E-state index is 0. The second-order valence-corrected chi connectivity index (χ2v) is 14.4. The molecular formula is C42H45F4N5O9. The Labute approximate surface area is 342 Å². The van der Waals surface area contributed by atoms with Crippen molar-refractivity contribution in [2.24, 2.45) is 5.92 Å². The van der Waals surface area contributed by atoms with Gasteiger partial charge in [-0.05, 0) is 86.6 Å². The number of amides is 5. The predicted molar refractivity (Wildman–Crippen MR) is 208 cm³/mol. The molecule has 3 aliphatic rings. The maximum Gasteiger partial charge on any atom is 0.416 e. The van der Waals surface area contributed by atoms with Gasteiger partial charge in [0, 0.05) is 30.7 Å². The Morgan fingerprint density at radius 3 is 2.23 bits per heavy atom. The summed E-state index contributed by atoms with van der Waals surface area (Å²) in [6, 6.07) is 11.6. The SMILES string of the molecule is C.O=C1CCC(N2C(=O)c3ccc(OCCOCCOCCOCC4CCC(n5c(NC(=O)c6cccc(C(F)(F)F)c6)nc6cc(F)ccc65)CC4)cc3C2=O)C(=O)N1. The fourth-order valence-corrected chi connectivity index (χ4v) is 7.56. The molecule has 1 saturated carbocycles. The number of hydrogen-bond donors (Lipinski definition) is 2. The number of fused-ring (bicyclic) bond motifs is 2. The lowest BCUT2D eigenvalue weighted by Crippen LogP contribution is -2.54. The van der Waals surface area contributed by atoms with Crippen LogP contribution in [0.2, 0.25) is 0 Å². The van der Waals surface area contributed by atoms with Gasteiger partial charge in [0.05, 0.1) is 60.8 Å². The number of benzene rings is 3. The van der Waals surface area contributed by atoms with Gasteiger partial charge in [-0.25, -0.2) is 9.37 Å². The van der Waals surface area contributed by atoms with Crippen molar-refractivity contribution in [2.75, 3.05) is 51.6 Å². The lowest BCUT2D eigenvalue weighted by molar-refractivity contribution is -0.138. The van der Waals surface area contributed by atoms with Crippen LogP contribution in [0.4, 0.5) is 23.5 Å². The van der Waals surface area contributed by atoms with Crippen LogP contribution >= 0.6 is 0 Å². The molecule has 0 spiro atoms. The molecule has 2 aliphatic heterocycles. The van der Waals surface area contributed by atoms with Crippen molar-refractivity contribution in [3.8, 4) is 5.75 Å². The second-order valence-electron chi connectivity index (χ2n) is 14.4. The smallest absolute Gasteiger partial charge is 0.416 e. The van der Waals surface area contributed by atoms with E-state index in [0.717, 1.165) is 29.9 Å². The number of hydrogen-bond acceptors (Lipinski definition) is 10. The van der Waals surface area contributed by atoms with Crippen LogP contribution in [0.15, 0.2) is 60.7 Å². The van der Waals surface area contributed by atoms with E-state index in [-0.39, 0.29) is 68.1 Å². The summed E-state index contributed by atoms with van der Waals surface area (Å²) < 4.78 is 78.5. The number of alkyl halides is 3. The summed E-state index contributed by atoms with van der Waals surface area (Å²) in [5.41, 5.74) is 0.102. The van der Waals surface area contributed by atoms with E-state index in [4.69, 9.17) is 18.9 Å². The molecule has 1 saturated heterocycles. The van der Waals surface area contributed by atoms with Gasteiger partial charge in [-0.15, -0.1) is 0 Å². The number of imidazole rings is 1. The van der Waals surface area contributed by atoms with Gasteiger partial charge in [-0.1, -0.05) is 13.5 Å². The largest absolute Gasteiger partial charge is 0.491 e. The van der Waals surface area contributed by atoms with Crippen molar-refractivity contribution in [3.63, 3.8) is 0 Å². The Morgan fingerprint density at radius 1 is 0.817 bits per heavy atom. The number of piperidine rings is 1. The van der Waals surface area contributed by atoms with Crippen molar-refractivity contribution in [2.45, 2.75) is 64.2 Å². The summed E-state index contributed by atoms with van der Waals surface area (Å²) in [6.07, 6.45) is -1.45. The quantitative estimate of drug-likeness (QED) is 0.0738. The number of aromatic nitrogens is 2. The summed E-state index contributed by atoms with van der Waals surface area (Å²) in [5.74, 6) is -2.81. The first-order valence-electron chi connectivity index (χ1n) is 19.2. The van der Waals surface area contributed by atoms with Crippen molar-refractivity contribution in [1.29, 1.82) is 0 Å². The lowest BCUT2D eigenvalue weighted by atomic mass is 9.86. The molecule has 60 heavy (non-hydrogen) atoms.